The topological polar surface area (TPSA) is 125 Å². The summed E-state index contributed by atoms with van der Waals surface area (Å²) in [5, 5.41) is 10.7. The molecule has 0 heterocycles. The molecule has 0 bridgehead atoms. The van der Waals surface area contributed by atoms with Crippen molar-refractivity contribution < 1.29 is 19.6 Å². The van der Waals surface area contributed by atoms with Crippen LogP contribution in [0.5, 0.6) is 0 Å². The summed E-state index contributed by atoms with van der Waals surface area (Å²) in [7, 11) is 0. The summed E-state index contributed by atoms with van der Waals surface area (Å²) in [5.41, 5.74) is 11.3. The van der Waals surface area contributed by atoms with Gasteiger partial charge < -0.3 is 5.73 Å². The second-order valence-electron chi connectivity index (χ2n) is 9.28. The van der Waals surface area contributed by atoms with Gasteiger partial charge in [-0.1, -0.05) is 69.2 Å². The van der Waals surface area contributed by atoms with Crippen molar-refractivity contribution in [1.82, 2.24) is 15.9 Å². The van der Waals surface area contributed by atoms with Crippen molar-refractivity contribution in [1.29, 1.82) is 0 Å². The number of amides is 3. The minimum atomic E-state index is -0.798. The molecule has 3 amide bonds. The molecular weight excluding hydrogens is 420 g/mol. The summed E-state index contributed by atoms with van der Waals surface area (Å²) in [6.45, 7) is 5.53. The second kappa shape index (κ2) is 13.1. The van der Waals surface area contributed by atoms with Crippen LogP contribution in [0.15, 0.2) is 36.4 Å². The maximum atomic E-state index is 13.4. The van der Waals surface area contributed by atoms with Crippen LogP contribution in [-0.4, -0.2) is 40.0 Å². The minimum Gasteiger partial charge on any atom is -0.320 e. The van der Waals surface area contributed by atoms with Gasteiger partial charge in [-0.2, -0.15) is 0 Å². The zero-order valence-corrected chi connectivity index (χ0v) is 19.9. The highest BCUT2D eigenvalue weighted by atomic mass is 16.5. The fraction of sp³-hybridized carbons (Fsp3) is 0.560. The predicted molar refractivity (Wildman–Crippen MR) is 127 cm³/mol. The lowest BCUT2D eigenvalue weighted by Crippen LogP contribution is -2.57. The monoisotopic (exact) mass is 458 g/mol. The molecule has 1 aromatic rings. The first-order valence-electron chi connectivity index (χ1n) is 11.8. The Morgan fingerprint density at radius 2 is 1.73 bits per heavy atom. The number of carbonyl (C=O) groups excluding carboxylic acids is 3. The summed E-state index contributed by atoms with van der Waals surface area (Å²) in [6.07, 6.45) is 7.97. The Labute approximate surface area is 196 Å². The molecule has 0 aliphatic heterocycles. The summed E-state index contributed by atoms with van der Waals surface area (Å²) in [4.78, 5) is 38.8. The van der Waals surface area contributed by atoms with Crippen molar-refractivity contribution in [3.63, 3.8) is 0 Å². The number of benzene rings is 1. The van der Waals surface area contributed by atoms with Crippen LogP contribution >= 0.6 is 0 Å². The first kappa shape index (κ1) is 26.5. The molecule has 8 heteroatoms. The van der Waals surface area contributed by atoms with E-state index in [0.717, 1.165) is 31.2 Å². The zero-order valence-electron chi connectivity index (χ0n) is 19.9. The SMILES string of the molecule is CC(C)C[C@H](C(=O)NN(C(=O)[C@@H](C)N)C1CCCC1)[C@@H](CC=Cc1ccccc1)C(=O)NO. The molecule has 1 aliphatic carbocycles. The lowest BCUT2D eigenvalue weighted by Gasteiger charge is -2.33. The highest BCUT2D eigenvalue weighted by molar-refractivity contribution is 5.89. The van der Waals surface area contributed by atoms with Crippen molar-refractivity contribution in [2.45, 2.75) is 71.4 Å². The Hall–Kier alpha value is -2.71. The Balaban J connectivity index is 2.25. The lowest BCUT2D eigenvalue weighted by atomic mass is 9.82. The van der Waals surface area contributed by atoms with Gasteiger partial charge in [0.15, 0.2) is 0 Å². The third-order valence-electron chi connectivity index (χ3n) is 6.04. The van der Waals surface area contributed by atoms with Crippen LogP contribution in [0.4, 0.5) is 0 Å². The van der Waals surface area contributed by atoms with Gasteiger partial charge in [0, 0.05) is 0 Å². The number of nitrogens with two attached hydrogens (primary N) is 1. The number of nitrogens with one attached hydrogen (secondary N) is 2. The van der Waals surface area contributed by atoms with E-state index in [1.807, 2.05) is 56.3 Å². The van der Waals surface area contributed by atoms with Crippen LogP contribution in [0, 0.1) is 17.8 Å². The molecule has 1 aromatic carbocycles. The van der Waals surface area contributed by atoms with Gasteiger partial charge in [-0.05, 0) is 44.1 Å². The largest absolute Gasteiger partial charge is 0.320 e. The van der Waals surface area contributed by atoms with E-state index in [2.05, 4.69) is 5.43 Å². The molecule has 0 saturated heterocycles. The molecule has 0 unspecified atom stereocenters. The lowest BCUT2D eigenvalue weighted by molar-refractivity contribution is -0.150. The normalized spacial score (nSPS) is 17.0. The third-order valence-corrected chi connectivity index (χ3v) is 6.04. The highest BCUT2D eigenvalue weighted by Gasteiger charge is 2.37. The van der Waals surface area contributed by atoms with Crippen molar-refractivity contribution in [3.8, 4) is 0 Å². The van der Waals surface area contributed by atoms with E-state index in [4.69, 9.17) is 5.73 Å². The second-order valence-corrected chi connectivity index (χ2v) is 9.28. The standard InChI is InChI=1S/C25H38N4O4/c1-17(2)16-22(21(24(31)28-33)15-9-12-19-10-5-4-6-11-19)23(30)27-29(25(32)18(3)26)20-13-7-8-14-20/h4-6,9-12,17-18,20-22,33H,7-8,13-16,26H2,1-3H3,(H,27,30)(H,28,31)/t18-,21-,22+/m1/s1. The molecule has 0 radical (unpaired) electrons. The molecular formula is C25H38N4O4. The average molecular weight is 459 g/mol. The summed E-state index contributed by atoms with van der Waals surface area (Å²) in [5.74, 6) is -2.79. The summed E-state index contributed by atoms with van der Waals surface area (Å²) >= 11 is 0. The van der Waals surface area contributed by atoms with Crippen molar-refractivity contribution in [2.75, 3.05) is 0 Å². The molecule has 1 aliphatic rings. The number of rotatable bonds is 10. The molecule has 1 saturated carbocycles. The third kappa shape index (κ3) is 7.98. The Morgan fingerprint density at radius 1 is 1.09 bits per heavy atom. The molecule has 33 heavy (non-hydrogen) atoms. The number of hydroxylamine groups is 1. The number of carbonyl (C=O) groups is 3. The van der Waals surface area contributed by atoms with Gasteiger partial charge >= 0.3 is 0 Å². The fourth-order valence-corrected chi connectivity index (χ4v) is 4.32. The predicted octanol–water partition coefficient (Wildman–Crippen LogP) is 3.02. The zero-order chi connectivity index (χ0) is 24.4. The average Bonchev–Trinajstić information content (AvgIpc) is 3.33. The van der Waals surface area contributed by atoms with Gasteiger partial charge in [0.25, 0.3) is 5.91 Å². The fourth-order valence-electron chi connectivity index (χ4n) is 4.32. The van der Waals surface area contributed by atoms with Crippen molar-refractivity contribution in [2.24, 2.45) is 23.5 Å². The number of nitrogens with zero attached hydrogens (tertiary/aromatic N) is 1. The van der Waals surface area contributed by atoms with Crippen LogP contribution in [0.25, 0.3) is 6.08 Å². The quantitative estimate of drug-likeness (QED) is 0.317. The van der Waals surface area contributed by atoms with Crippen LogP contribution in [0.1, 0.15) is 64.9 Å². The minimum absolute atomic E-state index is 0.102. The van der Waals surface area contributed by atoms with Crippen LogP contribution in [0.3, 0.4) is 0 Å². The number of hydrogen-bond donors (Lipinski definition) is 4. The van der Waals surface area contributed by atoms with Gasteiger partial charge in [-0.25, -0.2) is 10.5 Å². The summed E-state index contributed by atoms with van der Waals surface area (Å²) in [6, 6.07) is 8.78. The maximum Gasteiger partial charge on any atom is 0.257 e. The first-order chi connectivity index (χ1) is 15.7. The molecule has 2 rings (SSSR count). The molecule has 0 spiro atoms. The van der Waals surface area contributed by atoms with E-state index in [-0.39, 0.29) is 24.3 Å². The van der Waals surface area contributed by atoms with Crippen LogP contribution in [-0.2, 0) is 14.4 Å². The van der Waals surface area contributed by atoms with E-state index in [0.29, 0.717) is 6.42 Å². The molecule has 8 nitrogen and oxygen atoms in total. The van der Waals surface area contributed by atoms with Crippen molar-refractivity contribution in [3.05, 3.63) is 42.0 Å². The number of allylic oxidation sites excluding steroid dienone is 1. The van der Waals surface area contributed by atoms with Crippen molar-refractivity contribution >= 4 is 23.8 Å². The smallest absolute Gasteiger partial charge is 0.257 e. The highest BCUT2D eigenvalue weighted by Crippen LogP contribution is 2.27. The van der Waals surface area contributed by atoms with E-state index in [1.165, 1.54) is 5.01 Å². The molecule has 182 valence electrons. The molecule has 0 aromatic heterocycles. The number of hydrazine groups is 1. The van der Waals surface area contributed by atoms with Gasteiger partial charge in [0.1, 0.15) is 0 Å². The summed E-state index contributed by atoms with van der Waals surface area (Å²) < 4.78 is 0. The van der Waals surface area contributed by atoms with Gasteiger partial charge in [-0.15, -0.1) is 0 Å². The molecule has 3 atom stereocenters. The first-order valence-corrected chi connectivity index (χ1v) is 11.8. The van der Waals surface area contributed by atoms with Gasteiger partial charge in [-0.3, -0.25) is 25.0 Å². The van der Waals surface area contributed by atoms with E-state index in [1.54, 1.807) is 12.4 Å². The van der Waals surface area contributed by atoms with Crippen LogP contribution in [0.2, 0.25) is 0 Å². The Kier molecular flexibility index (Phi) is 10.5. The van der Waals surface area contributed by atoms with Gasteiger partial charge in [0.2, 0.25) is 11.8 Å². The van der Waals surface area contributed by atoms with Gasteiger partial charge in [0.05, 0.1) is 23.9 Å². The maximum absolute atomic E-state index is 13.4. The van der Waals surface area contributed by atoms with E-state index >= 15 is 0 Å². The number of hydrogen-bond acceptors (Lipinski definition) is 5. The molecule has 1 fully saturated rings. The van der Waals surface area contributed by atoms with E-state index in [9.17, 15) is 19.6 Å². The Morgan fingerprint density at radius 3 is 2.27 bits per heavy atom. The van der Waals surface area contributed by atoms with Crippen LogP contribution < -0.4 is 16.6 Å². The molecule has 5 N–H and O–H groups in total. The van der Waals surface area contributed by atoms with E-state index < -0.39 is 29.7 Å². The Bertz CT molecular complexity index is 804.